The summed E-state index contributed by atoms with van der Waals surface area (Å²) in [5.74, 6) is 0.321. The van der Waals surface area contributed by atoms with Crippen molar-refractivity contribution < 1.29 is 9.59 Å². The molecule has 1 saturated heterocycles. The number of likely N-dealkylation sites (tertiary alicyclic amines) is 1. The number of carbonyl (C=O) groups is 2. The number of hydrogen-bond donors (Lipinski definition) is 1. The van der Waals surface area contributed by atoms with Crippen LogP contribution in [-0.2, 0) is 4.79 Å². The van der Waals surface area contributed by atoms with E-state index in [4.69, 9.17) is 0 Å². The third-order valence-electron chi connectivity index (χ3n) is 7.27. The van der Waals surface area contributed by atoms with E-state index in [9.17, 15) is 9.59 Å². The van der Waals surface area contributed by atoms with Gasteiger partial charge in [0.1, 0.15) is 0 Å². The molecule has 4 heteroatoms. The highest BCUT2D eigenvalue weighted by Gasteiger charge is 2.40. The second-order valence-corrected chi connectivity index (χ2v) is 9.76. The number of nitrogens with one attached hydrogen (secondary N) is 1. The summed E-state index contributed by atoms with van der Waals surface area (Å²) < 4.78 is 0. The Bertz CT molecular complexity index is 1180. The van der Waals surface area contributed by atoms with E-state index in [-0.39, 0.29) is 23.8 Å². The van der Waals surface area contributed by atoms with Gasteiger partial charge in [-0.05, 0) is 79.8 Å². The van der Waals surface area contributed by atoms with Crippen molar-refractivity contribution in [1.82, 2.24) is 4.90 Å². The highest BCUT2D eigenvalue weighted by atomic mass is 16.2. The van der Waals surface area contributed by atoms with Crippen molar-refractivity contribution >= 4 is 17.5 Å². The molecule has 174 valence electrons. The molecule has 1 aliphatic heterocycles. The number of carbonyl (C=O) groups excluding carboxylic acids is 2. The minimum Gasteiger partial charge on any atom is -0.331 e. The fourth-order valence-corrected chi connectivity index (χ4v) is 5.38. The molecule has 1 saturated carbocycles. The van der Waals surface area contributed by atoms with Crippen LogP contribution < -0.4 is 5.32 Å². The number of nitrogens with zero attached hydrogens (tertiary/aromatic N) is 1. The maximum atomic E-state index is 13.9. The Morgan fingerprint density at radius 1 is 0.824 bits per heavy atom. The largest absolute Gasteiger partial charge is 0.331 e. The average Bonchev–Trinajstić information content (AvgIpc) is 3.70. The summed E-state index contributed by atoms with van der Waals surface area (Å²) in [6, 6.07) is 23.9. The Labute approximate surface area is 202 Å². The van der Waals surface area contributed by atoms with Crippen LogP contribution >= 0.6 is 0 Å². The molecule has 2 aliphatic rings. The summed E-state index contributed by atoms with van der Waals surface area (Å²) in [5.41, 5.74) is 5.85. The third kappa shape index (κ3) is 4.50. The van der Waals surface area contributed by atoms with Crippen molar-refractivity contribution in [2.45, 2.75) is 51.5 Å². The zero-order valence-corrected chi connectivity index (χ0v) is 20.0. The van der Waals surface area contributed by atoms with Crippen LogP contribution in [0.15, 0.2) is 72.8 Å². The molecule has 1 N–H and O–H groups in total. The number of aryl methyl sites for hydroxylation is 2. The Morgan fingerprint density at radius 2 is 1.50 bits per heavy atom. The first kappa shape index (κ1) is 22.4. The van der Waals surface area contributed by atoms with Gasteiger partial charge in [-0.3, -0.25) is 9.59 Å². The van der Waals surface area contributed by atoms with E-state index < -0.39 is 0 Å². The molecule has 2 amide bonds. The minimum absolute atomic E-state index is 0.0117. The minimum atomic E-state index is -0.311. The van der Waals surface area contributed by atoms with E-state index in [0.717, 1.165) is 40.8 Å². The number of piperidine rings is 1. The molecule has 0 spiro atoms. The van der Waals surface area contributed by atoms with Crippen molar-refractivity contribution in [3.05, 3.63) is 101 Å². The lowest BCUT2D eigenvalue weighted by Gasteiger charge is -2.41. The summed E-state index contributed by atoms with van der Waals surface area (Å²) in [4.78, 5) is 29.4. The van der Waals surface area contributed by atoms with E-state index in [0.29, 0.717) is 12.5 Å². The van der Waals surface area contributed by atoms with Gasteiger partial charge in [0, 0.05) is 17.8 Å². The summed E-state index contributed by atoms with van der Waals surface area (Å²) in [6.07, 6.45) is 4.02. The number of anilines is 1. The Morgan fingerprint density at radius 3 is 2.21 bits per heavy atom. The second kappa shape index (κ2) is 9.46. The molecular weight excluding hydrogens is 420 g/mol. The van der Waals surface area contributed by atoms with Gasteiger partial charge < -0.3 is 10.2 Å². The van der Waals surface area contributed by atoms with Crippen LogP contribution in [0.3, 0.4) is 0 Å². The molecule has 0 unspecified atom stereocenters. The maximum absolute atomic E-state index is 13.9. The fourth-order valence-electron chi connectivity index (χ4n) is 5.38. The summed E-state index contributed by atoms with van der Waals surface area (Å²) in [5, 5.41) is 3.18. The SMILES string of the molecule is Cc1cccc(C)c1C(=O)N1CCC[C@H](C(=O)Nc2cccc(C3CC3)c2)[C@@H]1c1ccccc1. The first-order chi connectivity index (χ1) is 16.5. The van der Waals surface area contributed by atoms with Crippen LogP contribution in [0.4, 0.5) is 5.69 Å². The van der Waals surface area contributed by atoms with E-state index >= 15 is 0 Å². The van der Waals surface area contributed by atoms with Crippen LogP contribution in [0.2, 0.25) is 0 Å². The molecule has 0 bridgehead atoms. The summed E-state index contributed by atoms with van der Waals surface area (Å²) in [7, 11) is 0. The van der Waals surface area contributed by atoms with Gasteiger partial charge in [0.25, 0.3) is 5.91 Å². The van der Waals surface area contributed by atoms with Gasteiger partial charge in [-0.1, -0.05) is 60.7 Å². The topological polar surface area (TPSA) is 49.4 Å². The Hall–Kier alpha value is -3.40. The van der Waals surface area contributed by atoms with Crippen molar-refractivity contribution in [2.75, 3.05) is 11.9 Å². The average molecular weight is 453 g/mol. The molecule has 2 fully saturated rings. The highest BCUT2D eigenvalue weighted by molar-refractivity contribution is 5.99. The van der Waals surface area contributed by atoms with E-state index in [1.165, 1.54) is 18.4 Å². The van der Waals surface area contributed by atoms with Gasteiger partial charge in [0.15, 0.2) is 0 Å². The molecule has 1 aliphatic carbocycles. The Kier molecular flexibility index (Phi) is 6.23. The van der Waals surface area contributed by atoms with E-state index in [2.05, 4.69) is 17.4 Å². The van der Waals surface area contributed by atoms with Crippen molar-refractivity contribution in [3.8, 4) is 0 Å². The smallest absolute Gasteiger partial charge is 0.254 e. The van der Waals surface area contributed by atoms with Crippen LogP contribution in [0.5, 0.6) is 0 Å². The highest BCUT2D eigenvalue weighted by Crippen LogP contribution is 2.41. The number of benzene rings is 3. The van der Waals surface area contributed by atoms with Crippen LogP contribution in [0, 0.1) is 19.8 Å². The quantitative estimate of drug-likeness (QED) is 0.486. The normalized spacial score (nSPS) is 20.1. The molecule has 34 heavy (non-hydrogen) atoms. The molecule has 2 atom stereocenters. The van der Waals surface area contributed by atoms with Crippen LogP contribution in [-0.4, -0.2) is 23.3 Å². The fraction of sp³-hybridized carbons (Fsp3) is 0.333. The Balaban J connectivity index is 1.47. The molecule has 5 rings (SSSR count). The molecule has 4 nitrogen and oxygen atoms in total. The van der Waals surface area contributed by atoms with Gasteiger partial charge >= 0.3 is 0 Å². The molecule has 3 aromatic carbocycles. The van der Waals surface area contributed by atoms with E-state index in [1.54, 1.807) is 0 Å². The van der Waals surface area contributed by atoms with Gasteiger partial charge in [-0.25, -0.2) is 0 Å². The van der Waals surface area contributed by atoms with Crippen molar-refractivity contribution in [1.29, 1.82) is 0 Å². The van der Waals surface area contributed by atoms with Gasteiger partial charge in [-0.2, -0.15) is 0 Å². The van der Waals surface area contributed by atoms with E-state index in [1.807, 2.05) is 79.4 Å². The number of rotatable bonds is 5. The second-order valence-electron chi connectivity index (χ2n) is 9.76. The summed E-state index contributed by atoms with van der Waals surface area (Å²) >= 11 is 0. The number of amides is 2. The lowest BCUT2D eigenvalue weighted by molar-refractivity contribution is -0.123. The van der Waals surface area contributed by atoms with Gasteiger partial charge in [0.05, 0.1) is 12.0 Å². The predicted molar refractivity (Wildman–Crippen MR) is 136 cm³/mol. The zero-order valence-electron chi connectivity index (χ0n) is 20.0. The molecular formula is C30H32N2O2. The standard InChI is InChI=1S/C30H32N2O2/c1-20-9-6-10-21(2)27(20)30(34)32-18-8-15-26(28(32)23-11-4-3-5-12-23)29(33)31-25-14-7-13-24(19-25)22-16-17-22/h3-7,9-14,19,22,26,28H,8,15-18H2,1-2H3,(H,31,33)/t26-,28-/m0/s1. The maximum Gasteiger partial charge on any atom is 0.254 e. The first-order valence-corrected chi connectivity index (χ1v) is 12.4. The predicted octanol–water partition coefficient (Wildman–Crippen LogP) is 6.41. The lowest BCUT2D eigenvalue weighted by Crippen LogP contribution is -2.46. The van der Waals surface area contributed by atoms with Crippen LogP contribution in [0.1, 0.15) is 70.3 Å². The summed E-state index contributed by atoms with van der Waals surface area (Å²) in [6.45, 7) is 4.62. The first-order valence-electron chi connectivity index (χ1n) is 12.4. The van der Waals surface area contributed by atoms with Crippen LogP contribution in [0.25, 0.3) is 0 Å². The van der Waals surface area contributed by atoms with Gasteiger partial charge in [-0.15, -0.1) is 0 Å². The number of hydrogen-bond acceptors (Lipinski definition) is 2. The van der Waals surface area contributed by atoms with Gasteiger partial charge in [0.2, 0.25) is 5.91 Å². The molecule has 0 radical (unpaired) electrons. The third-order valence-corrected chi connectivity index (χ3v) is 7.27. The van der Waals surface area contributed by atoms with Crippen molar-refractivity contribution in [3.63, 3.8) is 0 Å². The molecule has 3 aromatic rings. The molecule has 1 heterocycles. The zero-order chi connectivity index (χ0) is 23.7. The monoisotopic (exact) mass is 452 g/mol. The molecule has 0 aromatic heterocycles. The van der Waals surface area contributed by atoms with Crippen molar-refractivity contribution in [2.24, 2.45) is 5.92 Å². The lowest BCUT2D eigenvalue weighted by atomic mass is 9.83.